The average Bonchev–Trinajstić information content (AvgIpc) is 2.97. The van der Waals surface area contributed by atoms with Crippen LogP contribution in [0.1, 0.15) is 47.1 Å². The van der Waals surface area contributed by atoms with Crippen LogP contribution in [-0.4, -0.2) is 32.5 Å². The van der Waals surface area contributed by atoms with E-state index in [1.807, 2.05) is 36.4 Å². The highest BCUT2D eigenvalue weighted by molar-refractivity contribution is 6.77. The third-order valence-electron chi connectivity index (χ3n) is 5.11. The molecule has 0 N–H and O–H groups in total. The zero-order chi connectivity index (χ0) is 18.6. The Balaban J connectivity index is 2.47. The summed E-state index contributed by atoms with van der Waals surface area (Å²) in [5.41, 5.74) is 2.33. The van der Waals surface area contributed by atoms with Crippen molar-refractivity contribution in [1.82, 2.24) is 4.90 Å². The molecule has 0 atom stereocenters. The van der Waals surface area contributed by atoms with Crippen LogP contribution < -0.4 is 0 Å². The number of carbonyl (C=O) groups excluding carboxylic acids is 1. The van der Waals surface area contributed by atoms with Crippen LogP contribution >= 0.6 is 0 Å². The third-order valence-corrected chi connectivity index (χ3v) is 11.1. The van der Waals surface area contributed by atoms with Crippen molar-refractivity contribution >= 4 is 20.5 Å². The van der Waals surface area contributed by atoms with E-state index in [1.54, 1.807) is 4.90 Å². The molecule has 1 fully saturated rings. The van der Waals surface area contributed by atoms with E-state index in [-0.39, 0.29) is 6.09 Å². The molecule has 0 unspecified atom stereocenters. The van der Waals surface area contributed by atoms with E-state index in [0.29, 0.717) is 35.7 Å². The second kappa shape index (κ2) is 8.08. The van der Waals surface area contributed by atoms with Gasteiger partial charge in [-0.25, -0.2) is 9.69 Å². The highest BCUT2D eigenvalue weighted by atomic mass is 28.4. The van der Waals surface area contributed by atoms with Crippen molar-refractivity contribution in [3.8, 4) is 0 Å². The summed E-state index contributed by atoms with van der Waals surface area (Å²) in [6, 6.07) is 10.0. The largest absolute Gasteiger partial charge is 0.531 e. The monoisotopic (exact) mass is 361 g/mol. The summed E-state index contributed by atoms with van der Waals surface area (Å²) < 4.78 is 12.0. The molecule has 1 amide bonds. The molecule has 1 saturated heterocycles. The predicted octanol–water partition coefficient (Wildman–Crippen LogP) is 5.63. The number of amides is 1. The van der Waals surface area contributed by atoms with Crippen molar-refractivity contribution in [2.45, 2.75) is 58.2 Å². The fourth-order valence-electron chi connectivity index (χ4n) is 3.98. The minimum absolute atomic E-state index is 0.318. The van der Waals surface area contributed by atoms with Crippen molar-refractivity contribution in [1.29, 1.82) is 0 Å². The maximum absolute atomic E-state index is 12.2. The first-order valence-electron chi connectivity index (χ1n) is 9.19. The lowest BCUT2D eigenvalue weighted by molar-refractivity contribution is 0.152. The van der Waals surface area contributed by atoms with Gasteiger partial charge in [0.25, 0.3) is 8.32 Å². The van der Waals surface area contributed by atoms with Gasteiger partial charge < -0.3 is 9.16 Å². The molecule has 1 aliphatic heterocycles. The first-order chi connectivity index (χ1) is 11.8. The SMILES string of the molecule is CC(C)[Si](O/C(=C\c1ccccc1)N1CCOC1=O)(C(C)C)C(C)C. The first-order valence-corrected chi connectivity index (χ1v) is 11.3. The van der Waals surface area contributed by atoms with Crippen molar-refractivity contribution in [2.75, 3.05) is 13.2 Å². The van der Waals surface area contributed by atoms with Gasteiger partial charge in [0.2, 0.25) is 0 Å². The van der Waals surface area contributed by atoms with Gasteiger partial charge in [0.05, 0.1) is 6.54 Å². The average molecular weight is 362 g/mol. The molecule has 25 heavy (non-hydrogen) atoms. The number of hydrogen-bond acceptors (Lipinski definition) is 3. The van der Waals surface area contributed by atoms with Crippen molar-refractivity contribution < 1.29 is 14.0 Å². The molecule has 4 nitrogen and oxygen atoms in total. The number of hydrogen-bond donors (Lipinski definition) is 0. The van der Waals surface area contributed by atoms with Crippen LogP contribution in [0.25, 0.3) is 6.08 Å². The molecule has 0 aromatic heterocycles. The predicted molar refractivity (Wildman–Crippen MR) is 105 cm³/mol. The quantitative estimate of drug-likeness (QED) is 0.467. The number of nitrogens with zero attached hydrogens (tertiary/aromatic N) is 1. The maximum atomic E-state index is 12.2. The fraction of sp³-hybridized carbons (Fsp3) is 0.550. The van der Waals surface area contributed by atoms with E-state index in [9.17, 15) is 4.79 Å². The summed E-state index contributed by atoms with van der Waals surface area (Å²) in [6.45, 7) is 14.4. The van der Waals surface area contributed by atoms with Gasteiger partial charge in [0.15, 0.2) is 5.88 Å². The van der Waals surface area contributed by atoms with E-state index in [0.717, 1.165) is 5.56 Å². The van der Waals surface area contributed by atoms with Crippen molar-refractivity contribution in [3.63, 3.8) is 0 Å². The molecule has 0 spiro atoms. The Morgan fingerprint density at radius 2 is 1.64 bits per heavy atom. The van der Waals surface area contributed by atoms with Crippen molar-refractivity contribution in [3.05, 3.63) is 41.8 Å². The van der Waals surface area contributed by atoms with E-state index >= 15 is 0 Å². The lowest BCUT2D eigenvalue weighted by atomic mass is 10.2. The molecule has 2 rings (SSSR count). The number of benzene rings is 1. The highest BCUT2D eigenvalue weighted by Crippen LogP contribution is 2.44. The van der Waals surface area contributed by atoms with Gasteiger partial charge >= 0.3 is 6.09 Å². The Bertz CT molecular complexity index is 589. The van der Waals surface area contributed by atoms with Gasteiger partial charge in [-0.1, -0.05) is 71.9 Å². The molecule has 1 aliphatic rings. The van der Waals surface area contributed by atoms with Crippen LogP contribution in [0.15, 0.2) is 36.2 Å². The zero-order valence-electron chi connectivity index (χ0n) is 16.3. The summed E-state index contributed by atoms with van der Waals surface area (Å²) >= 11 is 0. The van der Waals surface area contributed by atoms with Crippen LogP contribution in [-0.2, 0) is 9.16 Å². The summed E-state index contributed by atoms with van der Waals surface area (Å²) in [5, 5.41) is 0. The second-order valence-electron chi connectivity index (χ2n) is 7.58. The molecule has 138 valence electrons. The van der Waals surface area contributed by atoms with Crippen LogP contribution in [0.5, 0.6) is 0 Å². The zero-order valence-corrected chi connectivity index (χ0v) is 17.3. The number of cyclic esters (lactones) is 1. The van der Waals surface area contributed by atoms with Gasteiger partial charge in [-0.3, -0.25) is 0 Å². The smallest absolute Gasteiger partial charge is 0.416 e. The second-order valence-corrected chi connectivity index (χ2v) is 13.0. The highest BCUT2D eigenvalue weighted by Gasteiger charge is 2.48. The number of carbonyl (C=O) groups is 1. The number of rotatable bonds is 7. The molecule has 0 radical (unpaired) electrons. The van der Waals surface area contributed by atoms with E-state index in [1.165, 1.54) is 0 Å². The molecule has 1 aromatic carbocycles. The maximum Gasteiger partial charge on any atom is 0.416 e. The van der Waals surface area contributed by atoms with Crippen LogP contribution in [0.3, 0.4) is 0 Å². The third kappa shape index (κ3) is 4.09. The minimum Gasteiger partial charge on any atom is -0.531 e. The Kier molecular flexibility index (Phi) is 6.33. The van der Waals surface area contributed by atoms with Gasteiger partial charge in [0, 0.05) is 6.08 Å². The minimum atomic E-state index is -2.16. The van der Waals surface area contributed by atoms with Crippen LogP contribution in [0.4, 0.5) is 4.79 Å². The number of ether oxygens (including phenoxy) is 1. The summed E-state index contributed by atoms with van der Waals surface area (Å²) in [6.07, 6.45) is 1.66. The molecule has 0 aliphatic carbocycles. The Morgan fingerprint density at radius 3 is 2.08 bits per heavy atom. The lowest BCUT2D eigenvalue weighted by Gasteiger charge is -2.43. The van der Waals surface area contributed by atoms with E-state index < -0.39 is 8.32 Å². The van der Waals surface area contributed by atoms with Crippen LogP contribution in [0.2, 0.25) is 16.6 Å². The molecule has 0 bridgehead atoms. The molecular weight excluding hydrogens is 330 g/mol. The van der Waals surface area contributed by atoms with Gasteiger partial charge in [-0.05, 0) is 22.2 Å². The van der Waals surface area contributed by atoms with Gasteiger partial charge in [0.1, 0.15) is 6.61 Å². The van der Waals surface area contributed by atoms with Crippen molar-refractivity contribution in [2.24, 2.45) is 0 Å². The summed E-state index contributed by atoms with van der Waals surface area (Å²) in [5.74, 6) is 0.636. The van der Waals surface area contributed by atoms with Crippen LogP contribution in [0, 0.1) is 0 Å². The summed E-state index contributed by atoms with van der Waals surface area (Å²) in [7, 11) is -2.16. The molecule has 1 aromatic rings. The Morgan fingerprint density at radius 1 is 1.08 bits per heavy atom. The molecular formula is C20H31NO3Si. The Hall–Kier alpha value is -1.75. The molecule has 1 heterocycles. The fourth-order valence-corrected chi connectivity index (χ4v) is 9.22. The van der Waals surface area contributed by atoms with E-state index in [2.05, 4.69) is 41.5 Å². The molecule has 0 saturated carbocycles. The standard InChI is InChI=1S/C20H31NO3Si/c1-15(2)25(16(3)4,17(5)6)24-19(21-12-13-23-20(21)22)14-18-10-8-7-9-11-18/h7-11,14-17H,12-13H2,1-6H3/b19-14-. The topological polar surface area (TPSA) is 38.8 Å². The summed E-state index contributed by atoms with van der Waals surface area (Å²) in [4.78, 5) is 13.8. The van der Waals surface area contributed by atoms with Gasteiger partial charge in [-0.15, -0.1) is 0 Å². The lowest BCUT2D eigenvalue weighted by Crippen LogP contribution is -2.49. The Labute approximate surface area is 152 Å². The normalized spacial score (nSPS) is 16.1. The molecule has 5 heteroatoms. The van der Waals surface area contributed by atoms with Gasteiger partial charge in [-0.2, -0.15) is 0 Å². The first kappa shape index (κ1) is 19.6. The van der Waals surface area contributed by atoms with E-state index in [4.69, 9.17) is 9.16 Å².